The molecule has 1 aliphatic rings. The molecule has 1 fully saturated rings. The van der Waals surface area contributed by atoms with E-state index in [4.69, 9.17) is 0 Å². The quantitative estimate of drug-likeness (QED) is 0.926. The maximum absolute atomic E-state index is 3.95. The van der Waals surface area contributed by atoms with Crippen LogP contribution < -0.4 is 5.32 Å². The number of benzene rings is 1. The molecule has 0 saturated carbocycles. The molecule has 3 rings (SSSR count). The second-order valence-corrected chi connectivity index (χ2v) is 6.02. The number of thioether (sulfide) groups is 1. The molecule has 1 aromatic heterocycles. The minimum atomic E-state index is 0.794. The van der Waals surface area contributed by atoms with E-state index in [1.54, 1.807) is 11.0 Å². The fourth-order valence-corrected chi connectivity index (χ4v) is 3.53. The van der Waals surface area contributed by atoms with E-state index >= 15 is 0 Å². The third kappa shape index (κ3) is 2.89. The molecule has 1 saturated heterocycles. The maximum atomic E-state index is 3.95. The zero-order valence-corrected chi connectivity index (χ0v) is 11.7. The molecule has 1 unspecified atom stereocenters. The highest BCUT2D eigenvalue weighted by Crippen LogP contribution is 2.24. The van der Waals surface area contributed by atoms with Crippen LogP contribution in [-0.4, -0.2) is 38.3 Å². The van der Waals surface area contributed by atoms with Gasteiger partial charge in [0.25, 0.3) is 0 Å². The highest BCUT2D eigenvalue weighted by Gasteiger charge is 2.15. The summed E-state index contributed by atoms with van der Waals surface area (Å²) in [6.45, 7) is 3.11. The molecule has 2 heterocycles. The lowest BCUT2D eigenvalue weighted by Gasteiger charge is -2.13. The molecule has 0 aliphatic carbocycles. The summed E-state index contributed by atoms with van der Waals surface area (Å²) in [5, 5.41) is 14.8. The molecule has 2 aromatic rings. The Balaban J connectivity index is 1.73. The van der Waals surface area contributed by atoms with E-state index in [2.05, 4.69) is 57.7 Å². The predicted octanol–water partition coefficient (Wildman–Crippen LogP) is 2.14. The topological polar surface area (TPSA) is 55.6 Å². The summed E-state index contributed by atoms with van der Waals surface area (Å²) in [6.07, 6.45) is 2.95. The SMILES string of the molecule is Cc1ccc(NCC2CCSC2)cc1-n1cnnn1. The molecule has 1 atom stereocenters. The first-order valence-corrected chi connectivity index (χ1v) is 7.64. The molecule has 1 N–H and O–H groups in total. The average molecular weight is 275 g/mol. The highest BCUT2D eigenvalue weighted by molar-refractivity contribution is 7.99. The van der Waals surface area contributed by atoms with Crippen molar-refractivity contribution in [3.05, 3.63) is 30.1 Å². The second kappa shape index (κ2) is 5.61. The van der Waals surface area contributed by atoms with Crippen LogP contribution in [0.5, 0.6) is 0 Å². The van der Waals surface area contributed by atoms with Crippen LogP contribution in [0.3, 0.4) is 0 Å². The largest absolute Gasteiger partial charge is 0.385 e. The maximum Gasteiger partial charge on any atom is 0.143 e. The zero-order valence-electron chi connectivity index (χ0n) is 10.9. The number of rotatable bonds is 4. The predicted molar refractivity (Wildman–Crippen MR) is 77.8 cm³/mol. The van der Waals surface area contributed by atoms with Gasteiger partial charge < -0.3 is 5.32 Å². The number of anilines is 1. The molecular weight excluding hydrogens is 258 g/mol. The van der Waals surface area contributed by atoms with Crippen molar-refractivity contribution in [1.82, 2.24) is 20.2 Å². The Kier molecular flexibility index (Phi) is 3.68. The van der Waals surface area contributed by atoms with Crippen molar-refractivity contribution in [2.75, 3.05) is 23.4 Å². The lowest BCUT2D eigenvalue weighted by molar-refractivity contribution is 0.632. The summed E-state index contributed by atoms with van der Waals surface area (Å²) in [5.74, 6) is 3.37. The van der Waals surface area contributed by atoms with Gasteiger partial charge >= 0.3 is 0 Å². The number of nitrogens with zero attached hydrogens (tertiary/aromatic N) is 4. The molecule has 0 radical (unpaired) electrons. The Bertz CT molecular complexity index is 534. The molecule has 0 amide bonds. The molecule has 1 aromatic carbocycles. The van der Waals surface area contributed by atoms with Crippen LogP contribution in [0.25, 0.3) is 5.69 Å². The Morgan fingerprint density at radius 3 is 3.16 bits per heavy atom. The van der Waals surface area contributed by atoms with Crippen LogP contribution in [0.1, 0.15) is 12.0 Å². The van der Waals surface area contributed by atoms with Crippen LogP contribution in [0.2, 0.25) is 0 Å². The van der Waals surface area contributed by atoms with E-state index in [1.165, 1.54) is 17.9 Å². The lowest BCUT2D eigenvalue weighted by atomic mass is 10.1. The Hall–Kier alpha value is -1.56. The number of nitrogens with one attached hydrogen (secondary N) is 1. The van der Waals surface area contributed by atoms with Gasteiger partial charge in [-0.05, 0) is 58.9 Å². The number of aromatic nitrogens is 4. The summed E-state index contributed by atoms with van der Waals surface area (Å²) in [4.78, 5) is 0. The van der Waals surface area contributed by atoms with E-state index < -0.39 is 0 Å². The van der Waals surface area contributed by atoms with Crippen molar-refractivity contribution in [2.24, 2.45) is 5.92 Å². The van der Waals surface area contributed by atoms with Gasteiger partial charge in [-0.15, -0.1) is 5.10 Å². The molecule has 0 spiro atoms. The highest BCUT2D eigenvalue weighted by atomic mass is 32.2. The number of tetrazole rings is 1. The van der Waals surface area contributed by atoms with Gasteiger partial charge in [-0.2, -0.15) is 11.8 Å². The van der Waals surface area contributed by atoms with Crippen molar-refractivity contribution in [3.63, 3.8) is 0 Å². The molecule has 1 aliphatic heterocycles. The molecule has 100 valence electrons. The Morgan fingerprint density at radius 1 is 1.47 bits per heavy atom. The first kappa shape index (κ1) is 12.5. The van der Waals surface area contributed by atoms with Gasteiger partial charge in [0.2, 0.25) is 0 Å². The minimum absolute atomic E-state index is 0.794. The molecule has 19 heavy (non-hydrogen) atoms. The van der Waals surface area contributed by atoms with Crippen molar-refractivity contribution in [2.45, 2.75) is 13.3 Å². The van der Waals surface area contributed by atoms with Crippen molar-refractivity contribution in [1.29, 1.82) is 0 Å². The van der Waals surface area contributed by atoms with E-state index in [1.807, 2.05) is 0 Å². The second-order valence-electron chi connectivity index (χ2n) is 4.87. The van der Waals surface area contributed by atoms with Gasteiger partial charge in [-0.3, -0.25) is 0 Å². The van der Waals surface area contributed by atoms with Crippen LogP contribution >= 0.6 is 11.8 Å². The van der Waals surface area contributed by atoms with Crippen LogP contribution in [-0.2, 0) is 0 Å². The molecule has 5 nitrogen and oxygen atoms in total. The van der Waals surface area contributed by atoms with Gasteiger partial charge in [-0.25, -0.2) is 4.68 Å². The molecule has 0 bridgehead atoms. The fraction of sp³-hybridized carbons (Fsp3) is 0.462. The lowest BCUT2D eigenvalue weighted by Crippen LogP contribution is -2.13. The Labute approximate surface area is 116 Å². The van der Waals surface area contributed by atoms with E-state index in [0.29, 0.717) is 0 Å². The molecule has 6 heteroatoms. The smallest absolute Gasteiger partial charge is 0.143 e. The summed E-state index contributed by atoms with van der Waals surface area (Å²) in [5.41, 5.74) is 3.32. The Morgan fingerprint density at radius 2 is 2.42 bits per heavy atom. The van der Waals surface area contributed by atoms with Crippen molar-refractivity contribution in [3.8, 4) is 5.69 Å². The van der Waals surface area contributed by atoms with Crippen LogP contribution in [0.15, 0.2) is 24.5 Å². The van der Waals surface area contributed by atoms with Crippen LogP contribution in [0.4, 0.5) is 5.69 Å². The van der Waals surface area contributed by atoms with Crippen LogP contribution in [0, 0.1) is 12.8 Å². The normalized spacial score (nSPS) is 18.7. The zero-order chi connectivity index (χ0) is 13.1. The van der Waals surface area contributed by atoms with E-state index in [0.717, 1.165) is 29.4 Å². The summed E-state index contributed by atoms with van der Waals surface area (Å²) in [7, 11) is 0. The third-order valence-electron chi connectivity index (χ3n) is 3.42. The fourth-order valence-electron chi connectivity index (χ4n) is 2.24. The van der Waals surface area contributed by atoms with Gasteiger partial charge in [0, 0.05) is 12.2 Å². The standard InChI is InChI=1S/C13H17N5S/c1-10-2-3-12(14-7-11-4-5-19-8-11)6-13(10)18-9-15-16-17-18/h2-3,6,9,11,14H,4-5,7-8H2,1H3. The molecular formula is C13H17N5S. The number of aryl methyl sites for hydroxylation is 1. The van der Waals surface area contributed by atoms with Gasteiger partial charge in [0.1, 0.15) is 6.33 Å². The van der Waals surface area contributed by atoms with E-state index in [-0.39, 0.29) is 0 Å². The average Bonchev–Trinajstić information content (AvgIpc) is 3.11. The number of hydrogen-bond donors (Lipinski definition) is 1. The first-order chi connectivity index (χ1) is 9.33. The van der Waals surface area contributed by atoms with Gasteiger partial charge in [-0.1, -0.05) is 6.07 Å². The monoisotopic (exact) mass is 275 g/mol. The summed E-state index contributed by atoms with van der Waals surface area (Å²) in [6, 6.07) is 6.32. The van der Waals surface area contributed by atoms with Crippen molar-refractivity contribution >= 4 is 17.4 Å². The number of hydrogen-bond acceptors (Lipinski definition) is 5. The van der Waals surface area contributed by atoms with Gasteiger partial charge in [0.15, 0.2) is 0 Å². The summed E-state index contributed by atoms with van der Waals surface area (Å²) >= 11 is 2.05. The van der Waals surface area contributed by atoms with Gasteiger partial charge in [0.05, 0.1) is 5.69 Å². The third-order valence-corrected chi connectivity index (χ3v) is 4.66. The van der Waals surface area contributed by atoms with E-state index in [9.17, 15) is 0 Å². The van der Waals surface area contributed by atoms with Crippen molar-refractivity contribution < 1.29 is 0 Å². The first-order valence-electron chi connectivity index (χ1n) is 6.48. The minimum Gasteiger partial charge on any atom is -0.385 e. The summed E-state index contributed by atoms with van der Waals surface area (Å²) < 4.78 is 1.70.